The van der Waals surface area contributed by atoms with Gasteiger partial charge in [0.15, 0.2) is 5.69 Å². The standard InChI is InChI=1S/C8H7N5O3/c9-2-1-3-5(13-16-12-3)6-4(2)7(8(14)15)11-10-6/h2H,1,9H2,(H,10,11)(H,14,15). The number of nitrogens with one attached hydrogen (secondary N) is 1. The number of hydrogen-bond acceptors (Lipinski definition) is 6. The quantitative estimate of drug-likeness (QED) is 0.603. The third-order valence-electron chi connectivity index (χ3n) is 2.58. The molecule has 3 rings (SSSR count). The molecule has 0 aromatic carbocycles. The highest BCUT2D eigenvalue weighted by Gasteiger charge is 2.33. The Morgan fingerprint density at radius 3 is 3.06 bits per heavy atom. The molecule has 0 bridgehead atoms. The van der Waals surface area contributed by atoms with E-state index in [2.05, 4.69) is 25.1 Å². The molecule has 8 nitrogen and oxygen atoms in total. The van der Waals surface area contributed by atoms with Gasteiger partial charge in [-0.2, -0.15) is 5.10 Å². The molecule has 0 spiro atoms. The van der Waals surface area contributed by atoms with Crippen molar-refractivity contribution < 1.29 is 14.5 Å². The van der Waals surface area contributed by atoms with Crippen molar-refractivity contribution in [2.45, 2.75) is 12.5 Å². The topological polar surface area (TPSA) is 131 Å². The number of carboxylic acid groups (broad SMARTS) is 1. The first-order valence-electron chi connectivity index (χ1n) is 4.57. The van der Waals surface area contributed by atoms with Gasteiger partial charge in [-0.05, 0) is 5.16 Å². The van der Waals surface area contributed by atoms with Crippen LogP contribution in [0, 0.1) is 0 Å². The van der Waals surface area contributed by atoms with E-state index < -0.39 is 12.0 Å². The van der Waals surface area contributed by atoms with Gasteiger partial charge in [0, 0.05) is 18.0 Å². The summed E-state index contributed by atoms with van der Waals surface area (Å²) in [5.41, 5.74) is 7.79. The molecule has 1 aliphatic carbocycles. The Bertz CT molecular complexity index is 572. The van der Waals surface area contributed by atoms with Gasteiger partial charge in [-0.1, -0.05) is 5.16 Å². The molecular weight excluding hydrogens is 214 g/mol. The van der Waals surface area contributed by atoms with Gasteiger partial charge in [-0.3, -0.25) is 5.10 Å². The lowest BCUT2D eigenvalue weighted by Gasteiger charge is -2.15. The molecule has 1 atom stereocenters. The Labute approximate surface area is 88.4 Å². The molecule has 4 N–H and O–H groups in total. The monoisotopic (exact) mass is 221 g/mol. The molecule has 2 heterocycles. The van der Waals surface area contributed by atoms with E-state index in [9.17, 15) is 4.79 Å². The lowest BCUT2D eigenvalue weighted by atomic mass is 9.92. The van der Waals surface area contributed by atoms with Crippen LogP contribution in [0.3, 0.4) is 0 Å². The lowest BCUT2D eigenvalue weighted by Crippen LogP contribution is -2.20. The number of aromatic carboxylic acids is 1. The third kappa shape index (κ3) is 1.01. The molecule has 0 amide bonds. The molecule has 0 saturated heterocycles. The van der Waals surface area contributed by atoms with E-state index in [1.54, 1.807) is 0 Å². The zero-order valence-corrected chi connectivity index (χ0v) is 7.97. The fourth-order valence-corrected chi connectivity index (χ4v) is 1.89. The van der Waals surface area contributed by atoms with Crippen molar-refractivity contribution in [1.29, 1.82) is 0 Å². The van der Waals surface area contributed by atoms with Crippen molar-refractivity contribution in [2.24, 2.45) is 5.73 Å². The summed E-state index contributed by atoms with van der Waals surface area (Å²) in [6, 6.07) is -0.459. The van der Waals surface area contributed by atoms with Crippen LogP contribution < -0.4 is 5.73 Å². The smallest absolute Gasteiger partial charge is 0.354 e. The summed E-state index contributed by atoms with van der Waals surface area (Å²) in [5.74, 6) is -1.09. The highest BCUT2D eigenvalue weighted by atomic mass is 16.6. The molecule has 0 aliphatic heterocycles. The first kappa shape index (κ1) is 9.04. The van der Waals surface area contributed by atoms with E-state index in [1.807, 2.05) is 0 Å². The average molecular weight is 221 g/mol. The summed E-state index contributed by atoms with van der Waals surface area (Å²) in [6.45, 7) is 0. The van der Waals surface area contributed by atoms with Crippen LogP contribution in [0.2, 0.25) is 0 Å². The first-order chi connectivity index (χ1) is 7.68. The highest BCUT2D eigenvalue weighted by Crippen LogP contribution is 2.35. The van der Waals surface area contributed by atoms with Crippen LogP contribution in [0.4, 0.5) is 0 Å². The van der Waals surface area contributed by atoms with Gasteiger partial charge in [0.05, 0.1) is 0 Å². The van der Waals surface area contributed by atoms with Gasteiger partial charge >= 0.3 is 5.97 Å². The van der Waals surface area contributed by atoms with Gasteiger partial charge in [0.25, 0.3) is 0 Å². The summed E-state index contributed by atoms with van der Waals surface area (Å²) in [5, 5.41) is 22.7. The molecule has 0 fully saturated rings. The maximum atomic E-state index is 10.9. The number of rotatable bonds is 1. The fraction of sp³-hybridized carbons (Fsp3) is 0.250. The SMILES string of the molecule is NC1Cc2nonc2-c2n[nH]c(C(=O)O)c21. The average Bonchev–Trinajstić information content (AvgIpc) is 2.80. The van der Waals surface area contributed by atoms with Crippen LogP contribution in [-0.4, -0.2) is 31.6 Å². The second kappa shape index (κ2) is 2.89. The number of carbonyl (C=O) groups is 1. The second-order valence-electron chi connectivity index (χ2n) is 3.54. The van der Waals surface area contributed by atoms with E-state index in [4.69, 9.17) is 10.8 Å². The largest absolute Gasteiger partial charge is 0.477 e. The molecule has 16 heavy (non-hydrogen) atoms. The number of nitrogens with zero attached hydrogens (tertiary/aromatic N) is 3. The Morgan fingerprint density at radius 2 is 2.31 bits per heavy atom. The summed E-state index contributed by atoms with van der Waals surface area (Å²) in [7, 11) is 0. The Kier molecular flexibility index (Phi) is 1.63. The van der Waals surface area contributed by atoms with Crippen LogP contribution in [0.25, 0.3) is 11.4 Å². The van der Waals surface area contributed by atoms with E-state index in [0.717, 1.165) is 0 Å². The molecule has 1 aliphatic rings. The van der Waals surface area contributed by atoms with Crippen LogP contribution in [0.5, 0.6) is 0 Å². The van der Waals surface area contributed by atoms with Crippen LogP contribution >= 0.6 is 0 Å². The minimum absolute atomic E-state index is 0.00356. The minimum Gasteiger partial charge on any atom is -0.477 e. The number of aromatic amines is 1. The van der Waals surface area contributed by atoms with Crippen LogP contribution in [-0.2, 0) is 6.42 Å². The molecule has 2 aromatic rings. The van der Waals surface area contributed by atoms with Crippen molar-refractivity contribution in [3.05, 3.63) is 17.0 Å². The Hall–Kier alpha value is -2.22. The van der Waals surface area contributed by atoms with E-state index in [-0.39, 0.29) is 5.69 Å². The van der Waals surface area contributed by atoms with E-state index in [1.165, 1.54) is 0 Å². The maximum absolute atomic E-state index is 10.9. The molecule has 1 unspecified atom stereocenters. The normalized spacial score (nSPS) is 17.9. The van der Waals surface area contributed by atoms with Crippen molar-refractivity contribution in [3.63, 3.8) is 0 Å². The summed E-state index contributed by atoms with van der Waals surface area (Å²) >= 11 is 0. The minimum atomic E-state index is -1.09. The van der Waals surface area contributed by atoms with Crippen LogP contribution in [0.1, 0.15) is 27.8 Å². The van der Waals surface area contributed by atoms with Crippen LogP contribution in [0.15, 0.2) is 4.63 Å². The Morgan fingerprint density at radius 1 is 1.50 bits per heavy atom. The number of nitrogens with two attached hydrogens (primary N) is 1. The number of H-pyrrole nitrogens is 1. The van der Waals surface area contributed by atoms with Crippen molar-refractivity contribution >= 4 is 5.97 Å². The van der Waals surface area contributed by atoms with Crippen molar-refractivity contribution in [3.8, 4) is 11.4 Å². The number of carboxylic acids is 1. The van der Waals surface area contributed by atoms with E-state index >= 15 is 0 Å². The molecule has 82 valence electrons. The van der Waals surface area contributed by atoms with Gasteiger partial charge in [-0.25, -0.2) is 9.42 Å². The number of aromatic nitrogens is 4. The lowest BCUT2D eigenvalue weighted by molar-refractivity contribution is 0.0688. The zero-order chi connectivity index (χ0) is 11.3. The zero-order valence-electron chi connectivity index (χ0n) is 7.97. The van der Waals surface area contributed by atoms with Gasteiger partial charge < -0.3 is 10.8 Å². The predicted octanol–water partition coefficient (Wildman–Crippen LogP) is -0.286. The summed E-state index contributed by atoms with van der Waals surface area (Å²) in [6.07, 6.45) is 0.394. The highest BCUT2D eigenvalue weighted by molar-refractivity contribution is 5.90. The first-order valence-corrected chi connectivity index (χ1v) is 4.57. The maximum Gasteiger partial charge on any atom is 0.354 e. The second-order valence-corrected chi connectivity index (χ2v) is 3.54. The van der Waals surface area contributed by atoms with Gasteiger partial charge in [0.1, 0.15) is 17.1 Å². The molecule has 8 heteroatoms. The molecule has 0 saturated carbocycles. The number of hydrogen-bond donors (Lipinski definition) is 3. The third-order valence-corrected chi connectivity index (χ3v) is 2.58. The molecule has 2 aromatic heterocycles. The van der Waals surface area contributed by atoms with Gasteiger partial charge in [0.2, 0.25) is 0 Å². The molecular formula is C8H7N5O3. The van der Waals surface area contributed by atoms with Crippen molar-refractivity contribution in [2.75, 3.05) is 0 Å². The van der Waals surface area contributed by atoms with E-state index in [0.29, 0.717) is 29.1 Å². The summed E-state index contributed by atoms with van der Waals surface area (Å²) < 4.78 is 4.59. The Balaban J connectivity index is 2.27. The molecule has 0 radical (unpaired) electrons. The van der Waals surface area contributed by atoms with Crippen molar-refractivity contribution in [1.82, 2.24) is 20.5 Å². The predicted molar refractivity (Wildman–Crippen MR) is 49.5 cm³/mol. The fourth-order valence-electron chi connectivity index (χ4n) is 1.89. The van der Waals surface area contributed by atoms with Gasteiger partial charge in [-0.15, -0.1) is 0 Å². The summed E-state index contributed by atoms with van der Waals surface area (Å²) in [4.78, 5) is 10.9. The number of fused-ring (bicyclic) bond motifs is 3.